The highest BCUT2D eigenvalue weighted by atomic mass is 16.8. The van der Waals surface area contributed by atoms with E-state index in [1.54, 1.807) is 20.8 Å². The molecule has 0 unspecified atom stereocenters. The van der Waals surface area contributed by atoms with E-state index in [2.05, 4.69) is 0 Å². The lowest BCUT2D eigenvalue weighted by molar-refractivity contribution is -0.132. The van der Waals surface area contributed by atoms with Gasteiger partial charge in [0.05, 0.1) is 26.4 Å². The molecule has 12 heteroatoms. The topological polar surface area (TPSA) is 156 Å². The fourth-order valence-electron chi connectivity index (χ4n) is 3.85. The van der Waals surface area contributed by atoms with Crippen LogP contribution in [0.25, 0.3) is 0 Å². The smallest absolute Gasteiger partial charge is 0.507 e. The van der Waals surface area contributed by atoms with Crippen molar-refractivity contribution in [2.24, 2.45) is 0 Å². The first-order valence-electron chi connectivity index (χ1n) is 11.8. The van der Waals surface area contributed by atoms with Crippen LogP contribution in [-0.4, -0.2) is 73.9 Å². The number of ether oxygens (including phenoxy) is 7. The summed E-state index contributed by atoms with van der Waals surface area (Å²) in [5.74, 6) is -1.55. The minimum Gasteiger partial charge on any atom is -0.507 e. The summed E-state index contributed by atoms with van der Waals surface area (Å²) in [5.41, 5.74) is 0.190. The van der Waals surface area contributed by atoms with Crippen molar-refractivity contribution in [3.8, 4) is 11.5 Å². The quantitative estimate of drug-likeness (QED) is 0.342. The van der Waals surface area contributed by atoms with Crippen molar-refractivity contribution in [2.45, 2.75) is 64.1 Å². The highest BCUT2D eigenvalue weighted by Crippen LogP contribution is 2.47. The molecule has 3 rings (SSSR count). The molecule has 0 radical (unpaired) electrons. The van der Waals surface area contributed by atoms with Crippen molar-refractivity contribution in [2.75, 3.05) is 20.3 Å². The van der Waals surface area contributed by atoms with E-state index in [0.717, 1.165) is 6.08 Å². The molecule has 1 aromatic rings. The van der Waals surface area contributed by atoms with Gasteiger partial charge in [-0.25, -0.2) is 14.4 Å². The molecule has 1 aromatic carbocycles. The minimum atomic E-state index is -1.57. The molecule has 0 aliphatic carbocycles. The number of carbonyl (C=O) groups excluding carboxylic acids is 4. The Labute approximate surface area is 213 Å². The molecule has 5 atom stereocenters. The molecule has 2 heterocycles. The lowest BCUT2D eigenvalue weighted by Crippen LogP contribution is -2.41. The average molecular weight is 523 g/mol. The zero-order valence-electron chi connectivity index (χ0n) is 21.0. The summed E-state index contributed by atoms with van der Waals surface area (Å²) in [6.45, 7) is 4.76. The zero-order valence-corrected chi connectivity index (χ0v) is 21.0. The minimum absolute atomic E-state index is 0.00220. The van der Waals surface area contributed by atoms with Gasteiger partial charge >= 0.3 is 18.3 Å². The first kappa shape index (κ1) is 27.8. The molecule has 1 saturated heterocycles. The van der Waals surface area contributed by atoms with Crippen molar-refractivity contribution in [1.29, 1.82) is 0 Å². The molecule has 0 amide bonds. The average Bonchev–Trinajstić information content (AvgIpc) is 3.60. The molecule has 0 aromatic heterocycles. The summed E-state index contributed by atoms with van der Waals surface area (Å²) < 4.78 is 36.7. The predicted octanol–water partition coefficient (Wildman–Crippen LogP) is 3.39. The van der Waals surface area contributed by atoms with Gasteiger partial charge in [-0.1, -0.05) is 6.08 Å². The number of phenolic OH excluding ortho intramolecular Hbond substituents is 1. The van der Waals surface area contributed by atoms with Crippen LogP contribution in [0.3, 0.4) is 0 Å². The second kappa shape index (κ2) is 12.4. The van der Waals surface area contributed by atoms with E-state index in [1.165, 1.54) is 25.3 Å². The van der Waals surface area contributed by atoms with E-state index in [9.17, 15) is 24.3 Å². The number of hydrogen-bond donors (Lipinski definition) is 1. The number of epoxide rings is 1. The SMILES string of the molecule is CCOC(=O)O[C@H]1C[C@H]2O[C@@H]2c2cc(OC)cc(O)c2C(=O)O[C@@H](C)C/C=C\C(=O)[C@H]1OC(=O)OCC. The van der Waals surface area contributed by atoms with Crippen molar-refractivity contribution in [1.82, 2.24) is 0 Å². The van der Waals surface area contributed by atoms with Gasteiger partial charge in [0.15, 0.2) is 11.9 Å². The second-order valence-corrected chi connectivity index (χ2v) is 8.26. The fraction of sp³-hybridized carbons (Fsp3) is 0.520. The van der Waals surface area contributed by atoms with Crippen LogP contribution in [0.5, 0.6) is 11.5 Å². The number of hydrogen-bond acceptors (Lipinski definition) is 12. The van der Waals surface area contributed by atoms with Gasteiger partial charge in [0.1, 0.15) is 29.3 Å². The number of benzene rings is 1. The Bertz CT molecular complexity index is 1050. The Morgan fingerprint density at radius 2 is 1.76 bits per heavy atom. The number of aromatic hydroxyl groups is 1. The van der Waals surface area contributed by atoms with Crippen LogP contribution >= 0.6 is 0 Å². The Balaban J connectivity index is 2.02. The van der Waals surface area contributed by atoms with Crippen molar-refractivity contribution in [3.63, 3.8) is 0 Å². The van der Waals surface area contributed by atoms with Crippen LogP contribution in [0.1, 0.15) is 55.6 Å². The van der Waals surface area contributed by atoms with Crippen LogP contribution in [0.2, 0.25) is 0 Å². The summed E-state index contributed by atoms with van der Waals surface area (Å²) in [6, 6.07) is 2.80. The Kier molecular flexibility index (Phi) is 9.34. The largest absolute Gasteiger partial charge is 0.509 e. The molecular formula is C25H30O12. The summed E-state index contributed by atoms with van der Waals surface area (Å²) in [4.78, 5) is 50.3. The van der Waals surface area contributed by atoms with E-state index >= 15 is 0 Å². The van der Waals surface area contributed by atoms with Crippen molar-refractivity contribution >= 4 is 24.1 Å². The lowest BCUT2D eigenvalue weighted by Gasteiger charge is -2.24. The van der Waals surface area contributed by atoms with E-state index < -0.39 is 54.6 Å². The number of carbonyl (C=O) groups is 4. The third-order valence-electron chi connectivity index (χ3n) is 5.59. The molecule has 12 nitrogen and oxygen atoms in total. The maximum Gasteiger partial charge on any atom is 0.509 e. The Hall–Kier alpha value is -3.80. The van der Waals surface area contributed by atoms with Gasteiger partial charge in [0.2, 0.25) is 6.10 Å². The van der Waals surface area contributed by atoms with Crippen molar-refractivity contribution in [3.05, 3.63) is 35.4 Å². The molecule has 0 saturated carbocycles. The lowest BCUT2D eigenvalue weighted by atomic mass is 9.96. The van der Waals surface area contributed by atoms with Gasteiger partial charge in [-0.15, -0.1) is 0 Å². The van der Waals surface area contributed by atoms with Crippen LogP contribution in [0, 0.1) is 0 Å². The zero-order chi connectivity index (χ0) is 27.1. The molecule has 37 heavy (non-hydrogen) atoms. The van der Waals surface area contributed by atoms with E-state index in [0.29, 0.717) is 0 Å². The van der Waals surface area contributed by atoms with Gasteiger partial charge < -0.3 is 38.3 Å². The maximum atomic E-state index is 13.0. The van der Waals surface area contributed by atoms with Crippen LogP contribution < -0.4 is 4.74 Å². The van der Waals surface area contributed by atoms with E-state index in [-0.39, 0.29) is 48.7 Å². The number of fused-ring (bicyclic) bond motifs is 3. The Morgan fingerprint density at radius 1 is 1.08 bits per heavy atom. The summed E-state index contributed by atoms with van der Waals surface area (Å²) >= 11 is 0. The fourth-order valence-corrected chi connectivity index (χ4v) is 3.85. The van der Waals surface area contributed by atoms with Gasteiger partial charge in [0.25, 0.3) is 0 Å². The van der Waals surface area contributed by atoms with Gasteiger partial charge in [0, 0.05) is 24.5 Å². The summed E-state index contributed by atoms with van der Waals surface area (Å²) in [5, 5.41) is 10.6. The normalized spacial score (nSPS) is 26.3. The monoisotopic (exact) mass is 522 g/mol. The molecule has 0 spiro atoms. The second-order valence-electron chi connectivity index (χ2n) is 8.26. The number of phenols is 1. The molecule has 202 valence electrons. The molecule has 1 N–H and O–H groups in total. The molecule has 2 aliphatic rings. The number of methoxy groups -OCH3 is 1. The van der Waals surface area contributed by atoms with Gasteiger partial charge in [-0.3, -0.25) is 4.79 Å². The molecular weight excluding hydrogens is 492 g/mol. The van der Waals surface area contributed by atoms with E-state index in [1.807, 2.05) is 0 Å². The van der Waals surface area contributed by atoms with Crippen LogP contribution in [0.15, 0.2) is 24.3 Å². The summed E-state index contributed by atoms with van der Waals surface area (Å²) in [6.07, 6.45) is -4.61. The van der Waals surface area contributed by atoms with Crippen LogP contribution in [-0.2, 0) is 33.2 Å². The van der Waals surface area contributed by atoms with Gasteiger partial charge in [-0.2, -0.15) is 0 Å². The molecule has 0 bridgehead atoms. The third-order valence-corrected chi connectivity index (χ3v) is 5.59. The molecule has 2 aliphatic heterocycles. The Morgan fingerprint density at radius 3 is 2.41 bits per heavy atom. The van der Waals surface area contributed by atoms with Crippen LogP contribution in [0.4, 0.5) is 9.59 Å². The number of ketones is 1. The number of rotatable bonds is 5. The molecule has 1 fully saturated rings. The van der Waals surface area contributed by atoms with E-state index in [4.69, 9.17) is 33.2 Å². The third kappa shape index (κ3) is 7.13. The van der Waals surface area contributed by atoms with Gasteiger partial charge in [-0.05, 0) is 32.9 Å². The predicted molar refractivity (Wildman–Crippen MR) is 124 cm³/mol. The highest BCUT2D eigenvalue weighted by molar-refractivity contribution is 5.96. The maximum absolute atomic E-state index is 13.0. The standard InChI is InChI=1S/C25H30O12/c1-5-32-24(29)36-19-12-18-21(35-18)15-10-14(31-4)11-17(27)20(15)23(28)34-13(3)8-7-9-16(26)22(19)37-25(30)33-6-2/h7,9-11,13,18-19,21-22,27H,5-6,8,12H2,1-4H3/b9-7-/t13-,18+,19-,21+,22+/m0/s1. The number of cyclic esters (lactones) is 1. The summed E-state index contributed by atoms with van der Waals surface area (Å²) in [7, 11) is 1.40. The first-order valence-corrected chi connectivity index (χ1v) is 11.8. The number of esters is 1. The highest BCUT2D eigenvalue weighted by Gasteiger charge is 2.48. The van der Waals surface area contributed by atoms with Crippen molar-refractivity contribution < 1.29 is 57.4 Å². The first-order chi connectivity index (χ1) is 17.7.